The Morgan fingerprint density at radius 3 is 2.56 bits per heavy atom. The van der Waals surface area contributed by atoms with Gasteiger partial charge in [-0.25, -0.2) is 0 Å². The minimum absolute atomic E-state index is 0.0574. The van der Waals surface area contributed by atoms with E-state index in [1.54, 1.807) is 12.0 Å². The molecule has 1 heterocycles. The summed E-state index contributed by atoms with van der Waals surface area (Å²) < 4.78 is 5.17. The second-order valence-corrected chi connectivity index (χ2v) is 6.42. The molecule has 132 valence electrons. The molecule has 0 spiro atoms. The molecule has 1 aromatic heterocycles. The normalized spacial score (nSPS) is 13.5. The Morgan fingerprint density at radius 2 is 1.96 bits per heavy atom. The van der Waals surface area contributed by atoms with Gasteiger partial charge in [-0.05, 0) is 49.9 Å². The number of amides is 1. The average Bonchev–Trinajstić information content (AvgIpc) is 2.97. The first-order valence-corrected chi connectivity index (χ1v) is 8.72. The van der Waals surface area contributed by atoms with Gasteiger partial charge in [0.1, 0.15) is 11.4 Å². The predicted octanol–water partition coefficient (Wildman–Crippen LogP) is 3.51. The van der Waals surface area contributed by atoms with Crippen LogP contribution in [0.3, 0.4) is 0 Å². The molecule has 0 aliphatic heterocycles. The summed E-state index contributed by atoms with van der Waals surface area (Å²) in [4.78, 5) is 30.2. The number of fused-ring (bicyclic) bond motifs is 1. The number of hydrogen-bond donors (Lipinski definition) is 1. The fraction of sp³-hybridized carbons (Fsp3) is 0.400. The Hall–Kier alpha value is -2.56. The van der Waals surface area contributed by atoms with E-state index in [9.17, 15) is 9.59 Å². The van der Waals surface area contributed by atoms with Gasteiger partial charge in [0.25, 0.3) is 5.91 Å². The zero-order chi connectivity index (χ0) is 18.0. The van der Waals surface area contributed by atoms with Crippen molar-refractivity contribution in [2.45, 2.75) is 39.7 Å². The lowest BCUT2D eigenvalue weighted by Gasteiger charge is -2.21. The summed E-state index contributed by atoms with van der Waals surface area (Å²) in [5.74, 6) is 0.884. The van der Waals surface area contributed by atoms with Crippen molar-refractivity contribution in [1.82, 2.24) is 9.88 Å². The van der Waals surface area contributed by atoms with E-state index in [4.69, 9.17) is 4.74 Å². The summed E-state index contributed by atoms with van der Waals surface area (Å²) in [6.45, 7) is 4.95. The molecule has 0 fully saturated rings. The number of H-pyrrole nitrogens is 1. The number of Topliss-reactive ketones (excluding diaryl/α,β-unsaturated/α-hetero) is 1. The number of methoxy groups -OCH3 is 1. The molecule has 0 saturated heterocycles. The number of ketones is 1. The molecule has 5 nitrogen and oxygen atoms in total. The number of benzene rings is 1. The quantitative estimate of drug-likeness (QED) is 0.906. The average molecular weight is 340 g/mol. The van der Waals surface area contributed by atoms with Crippen molar-refractivity contribution < 1.29 is 14.3 Å². The number of aromatic nitrogens is 1. The molecule has 0 bridgehead atoms. The lowest BCUT2D eigenvalue weighted by molar-refractivity contribution is 0.0746. The molecule has 1 N–H and O–H groups in total. The van der Waals surface area contributed by atoms with Crippen molar-refractivity contribution in [3.05, 3.63) is 52.3 Å². The van der Waals surface area contributed by atoms with Crippen LogP contribution >= 0.6 is 0 Å². The molecule has 1 amide bonds. The number of aryl methyl sites for hydroxylation is 1. The highest BCUT2D eigenvalue weighted by Gasteiger charge is 2.28. The molecule has 1 aliphatic carbocycles. The molecule has 0 saturated carbocycles. The Morgan fingerprint density at radius 1 is 1.24 bits per heavy atom. The van der Waals surface area contributed by atoms with Crippen LogP contribution in [0.2, 0.25) is 0 Å². The fourth-order valence-electron chi connectivity index (χ4n) is 3.42. The standard InChI is InChI=1S/C20H24N2O3/c1-4-22(12-14-8-10-15(25-3)11-9-14)20(24)19-13(2)18-16(21-19)6-5-7-17(18)23/h8-11,21H,4-7,12H2,1-3H3. The minimum Gasteiger partial charge on any atom is -0.497 e. The Bertz CT molecular complexity index is 790. The van der Waals surface area contributed by atoms with E-state index in [1.807, 2.05) is 38.1 Å². The van der Waals surface area contributed by atoms with Crippen LogP contribution in [0.15, 0.2) is 24.3 Å². The first-order valence-electron chi connectivity index (χ1n) is 8.72. The lowest BCUT2D eigenvalue weighted by atomic mass is 9.93. The Kier molecular flexibility index (Phi) is 4.93. The maximum Gasteiger partial charge on any atom is 0.270 e. The van der Waals surface area contributed by atoms with Gasteiger partial charge in [-0.15, -0.1) is 0 Å². The SMILES string of the molecule is CCN(Cc1ccc(OC)cc1)C(=O)c1[nH]c2c(c1C)C(=O)CCC2. The van der Waals surface area contributed by atoms with Crippen molar-refractivity contribution in [2.75, 3.05) is 13.7 Å². The van der Waals surface area contributed by atoms with Gasteiger partial charge in [-0.3, -0.25) is 9.59 Å². The maximum absolute atomic E-state index is 13.0. The van der Waals surface area contributed by atoms with Gasteiger partial charge in [-0.2, -0.15) is 0 Å². The Balaban J connectivity index is 1.84. The summed E-state index contributed by atoms with van der Waals surface area (Å²) in [6.07, 6.45) is 2.26. The topological polar surface area (TPSA) is 62.4 Å². The summed E-state index contributed by atoms with van der Waals surface area (Å²) in [5.41, 5.74) is 4.03. The molecule has 3 rings (SSSR count). The number of carbonyl (C=O) groups is 2. The lowest BCUT2D eigenvalue weighted by Crippen LogP contribution is -2.31. The number of nitrogens with zero attached hydrogens (tertiary/aromatic N) is 1. The van der Waals surface area contributed by atoms with E-state index in [0.717, 1.165) is 41.0 Å². The van der Waals surface area contributed by atoms with Crippen molar-refractivity contribution in [1.29, 1.82) is 0 Å². The molecule has 0 unspecified atom stereocenters. The molecule has 1 aliphatic rings. The van der Waals surface area contributed by atoms with Crippen molar-refractivity contribution in [3.8, 4) is 5.75 Å². The van der Waals surface area contributed by atoms with E-state index < -0.39 is 0 Å². The maximum atomic E-state index is 13.0. The van der Waals surface area contributed by atoms with Crippen LogP contribution in [0, 0.1) is 6.92 Å². The third-order valence-electron chi connectivity index (χ3n) is 4.85. The van der Waals surface area contributed by atoms with Gasteiger partial charge in [0.05, 0.1) is 7.11 Å². The van der Waals surface area contributed by atoms with Gasteiger partial charge in [0.15, 0.2) is 5.78 Å². The summed E-state index contributed by atoms with van der Waals surface area (Å²) in [7, 11) is 1.63. The van der Waals surface area contributed by atoms with Gasteiger partial charge in [0.2, 0.25) is 0 Å². The smallest absolute Gasteiger partial charge is 0.270 e. The predicted molar refractivity (Wildman–Crippen MR) is 96.2 cm³/mol. The third-order valence-corrected chi connectivity index (χ3v) is 4.85. The van der Waals surface area contributed by atoms with Crippen LogP contribution in [-0.2, 0) is 13.0 Å². The van der Waals surface area contributed by atoms with Crippen molar-refractivity contribution >= 4 is 11.7 Å². The molecular weight excluding hydrogens is 316 g/mol. The fourth-order valence-corrected chi connectivity index (χ4v) is 3.42. The zero-order valence-corrected chi connectivity index (χ0v) is 15.0. The van der Waals surface area contributed by atoms with E-state index in [-0.39, 0.29) is 11.7 Å². The second-order valence-electron chi connectivity index (χ2n) is 6.42. The highest BCUT2D eigenvalue weighted by atomic mass is 16.5. The van der Waals surface area contributed by atoms with Gasteiger partial charge >= 0.3 is 0 Å². The molecule has 25 heavy (non-hydrogen) atoms. The number of hydrogen-bond acceptors (Lipinski definition) is 3. The highest BCUT2D eigenvalue weighted by molar-refractivity contribution is 6.04. The molecule has 0 radical (unpaired) electrons. The van der Waals surface area contributed by atoms with Crippen LogP contribution in [0.4, 0.5) is 0 Å². The number of nitrogens with one attached hydrogen (secondary N) is 1. The van der Waals surface area contributed by atoms with Crippen molar-refractivity contribution in [2.24, 2.45) is 0 Å². The van der Waals surface area contributed by atoms with Crippen molar-refractivity contribution in [3.63, 3.8) is 0 Å². The molecular formula is C20H24N2O3. The summed E-state index contributed by atoms with van der Waals surface area (Å²) >= 11 is 0. The van der Waals surface area contributed by atoms with Crippen LogP contribution in [0.5, 0.6) is 5.75 Å². The first-order chi connectivity index (χ1) is 12.0. The van der Waals surface area contributed by atoms with E-state index in [1.165, 1.54) is 0 Å². The van der Waals surface area contributed by atoms with E-state index >= 15 is 0 Å². The zero-order valence-electron chi connectivity index (χ0n) is 15.0. The molecule has 1 aromatic carbocycles. The van der Waals surface area contributed by atoms with E-state index in [0.29, 0.717) is 25.2 Å². The number of aromatic amines is 1. The summed E-state index contributed by atoms with van der Waals surface area (Å²) in [6, 6.07) is 7.71. The minimum atomic E-state index is -0.0574. The summed E-state index contributed by atoms with van der Waals surface area (Å²) in [5, 5.41) is 0. The number of ether oxygens (including phenoxy) is 1. The third kappa shape index (κ3) is 3.31. The van der Waals surface area contributed by atoms with Gasteiger partial charge in [0, 0.05) is 30.8 Å². The van der Waals surface area contributed by atoms with Crippen LogP contribution in [-0.4, -0.2) is 35.2 Å². The van der Waals surface area contributed by atoms with Crippen LogP contribution in [0.25, 0.3) is 0 Å². The van der Waals surface area contributed by atoms with Gasteiger partial charge < -0.3 is 14.6 Å². The Labute approximate surface area is 148 Å². The number of carbonyl (C=O) groups excluding carboxylic acids is 2. The van der Waals surface area contributed by atoms with E-state index in [2.05, 4.69) is 4.98 Å². The van der Waals surface area contributed by atoms with Crippen LogP contribution < -0.4 is 4.74 Å². The van der Waals surface area contributed by atoms with Gasteiger partial charge in [-0.1, -0.05) is 12.1 Å². The largest absolute Gasteiger partial charge is 0.497 e. The molecule has 0 atom stereocenters. The second kappa shape index (κ2) is 7.13. The molecule has 2 aromatic rings. The molecule has 5 heteroatoms. The highest BCUT2D eigenvalue weighted by Crippen LogP contribution is 2.27. The first kappa shape index (κ1) is 17.3. The van der Waals surface area contributed by atoms with Crippen LogP contribution in [0.1, 0.15) is 57.4 Å². The monoisotopic (exact) mass is 340 g/mol. The number of rotatable bonds is 5.